The SMILES string of the molecule is CN(C)C(CCc1ncncn1)(N(C)C)N(C)C. The normalized spacial score (nSPS) is 12.7. The molecule has 0 N–H and O–H groups in total. The fourth-order valence-electron chi connectivity index (χ4n) is 2.54. The van der Waals surface area contributed by atoms with E-state index in [1.165, 1.54) is 0 Å². The van der Waals surface area contributed by atoms with Crippen molar-refractivity contribution in [1.29, 1.82) is 0 Å². The second kappa shape index (κ2) is 6.17. The lowest BCUT2D eigenvalue weighted by Crippen LogP contribution is -2.64. The third-order valence-electron chi connectivity index (χ3n) is 3.38. The standard InChI is InChI=1S/C12H24N6/c1-16(2)12(17(3)4,18(5)6)8-7-11-14-9-13-10-15-11/h9-10H,7-8H2,1-6H3. The molecule has 1 aromatic rings. The van der Waals surface area contributed by atoms with E-state index in [0.717, 1.165) is 18.7 Å². The largest absolute Gasteiger partial charge is 0.279 e. The average Bonchev–Trinajstić information content (AvgIpc) is 2.29. The van der Waals surface area contributed by atoms with E-state index < -0.39 is 0 Å². The number of aryl methyl sites for hydroxylation is 1. The highest BCUT2D eigenvalue weighted by Gasteiger charge is 2.37. The smallest absolute Gasteiger partial charge is 0.132 e. The van der Waals surface area contributed by atoms with Gasteiger partial charge in [-0.05, 0) is 42.3 Å². The van der Waals surface area contributed by atoms with Crippen LogP contribution in [0.1, 0.15) is 12.2 Å². The number of aromatic nitrogens is 3. The van der Waals surface area contributed by atoms with Crippen molar-refractivity contribution in [2.24, 2.45) is 0 Å². The zero-order chi connectivity index (χ0) is 13.8. The first kappa shape index (κ1) is 14.9. The molecule has 0 aliphatic rings. The van der Waals surface area contributed by atoms with Gasteiger partial charge in [0.1, 0.15) is 24.3 Å². The molecule has 0 amide bonds. The van der Waals surface area contributed by atoms with E-state index in [1.807, 2.05) is 0 Å². The topological polar surface area (TPSA) is 48.4 Å². The first-order chi connectivity index (χ1) is 8.41. The molecule has 0 unspecified atom stereocenters. The van der Waals surface area contributed by atoms with Crippen LogP contribution in [-0.2, 0) is 6.42 Å². The lowest BCUT2D eigenvalue weighted by atomic mass is 10.1. The summed E-state index contributed by atoms with van der Waals surface area (Å²) >= 11 is 0. The van der Waals surface area contributed by atoms with Crippen LogP contribution in [0.15, 0.2) is 12.7 Å². The maximum atomic E-state index is 4.18. The summed E-state index contributed by atoms with van der Waals surface area (Å²) in [4.78, 5) is 18.9. The Morgan fingerprint density at radius 1 is 0.889 bits per heavy atom. The van der Waals surface area contributed by atoms with E-state index in [9.17, 15) is 0 Å². The maximum absolute atomic E-state index is 4.18. The van der Waals surface area contributed by atoms with Crippen molar-refractivity contribution < 1.29 is 0 Å². The van der Waals surface area contributed by atoms with Gasteiger partial charge in [-0.2, -0.15) is 0 Å². The average molecular weight is 252 g/mol. The Kier molecular flexibility index (Phi) is 5.13. The molecule has 0 saturated heterocycles. The highest BCUT2D eigenvalue weighted by Crippen LogP contribution is 2.23. The van der Waals surface area contributed by atoms with Gasteiger partial charge in [0.2, 0.25) is 0 Å². The second-order valence-corrected chi connectivity index (χ2v) is 5.01. The van der Waals surface area contributed by atoms with E-state index in [1.54, 1.807) is 12.7 Å². The minimum Gasteiger partial charge on any atom is -0.279 e. The Balaban J connectivity index is 2.86. The molecule has 0 aromatic carbocycles. The number of hydrogen-bond donors (Lipinski definition) is 0. The van der Waals surface area contributed by atoms with Gasteiger partial charge in [0.25, 0.3) is 0 Å². The van der Waals surface area contributed by atoms with Crippen molar-refractivity contribution in [3.05, 3.63) is 18.5 Å². The Hall–Kier alpha value is -1.11. The molecule has 6 heteroatoms. The van der Waals surface area contributed by atoms with Gasteiger partial charge in [0.05, 0.1) is 0 Å². The molecular weight excluding hydrogens is 228 g/mol. The van der Waals surface area contributed by atoms with E-state index in [2.05, 4.69) is 71.9 Å². The molecule has 0 bridgehead atoms. The first-order valence-corrected chi connectivity index (χ1v) is 6.04. The molecule has 0 atom stereocenters. The molecule has 0 radical (unpaired) electrons. The van der Waals surface area contributed by atoms with E-state index in [0.29, 0.717) is 0 Å². The molecular formula is C12H24N6. The van der Waals surface area contributed by atoms with Gasteiger partial charge in [0.15, 0.2) is 0 Å². The third kappa shape index (κ3) is 3.01. The predicted octanol–water partition coefficient (Wildman–Crippen LogP) is 0.143. The minimum atomic E-state index is -0.146. The van der Waals surface area contributed by atoms with Crippen molar-refractivity contribution in [2.45, 2.75) is 18.6 Å². The summed E-state index contributed by atoms with van der Waals surface area (Å²) < 4.78 is 0. The summed E-state index contributed by atoms with van der Waals surface area (Å²) in [7, 11) is 12.5. The molecule has 0 spiro atoms. The van der Waals surface area contributed by atoms with Crippen molar-refractivity contribution in [2.75, 3.05) is 42.3 Å². The van der Waals surface area contributed by atoms with Gasteiger partial charge in [-0.1, -0.05) is 0 Å². The van der Waals surface area contributed by atoms with Crippen molar-refractivity contribution in [1.82, 2.24) is 29.7 Å². The summed E-state index contributed by atoms with van der Waals surface area (Å²) in [5.74, 6) is 0.687. The molecule has 1 aromatic heterocycles. The number of hydrogen-bond acceptors (Lipinski definition) is 6. The Labute approximate surface area is 110 Å². The van der Waals surface area contributed by atoms with Gasteiger partial charge in [-0.25, -0.2) is 15.0 Å². The van der Waals surface area contributed by atoms with Crippen LogP contribution in [0.4, 0.5) is 0 Å². The zero-order valence-electron chi connectivity index (χ0n) is 12.3. The molecule has 0 aliphatic carbocycles. The highest BCUT2D eigenvalue weighted by atomic mass is 15.5. The van der Waals surface area contributed by atoms with Gasteiger partial charge < -0.3 is 0 Å². The summed E-state index contributed by atoms with van der Waals surface area (Å²) in [5, 5.41) is 0. The Morgan fingerprint density at radius 3 is 1.72 bits per heavy atom. The minimum absolute atomic E-state index is 0.146. The highest BCUT2D eigenvalue weighted by molar-refractivity contribution is 4.89. The third-order valence-corrected chi connectivity index (χ3v) is 3.38. The first-order valence-electron chi connectivity index (χ1n) is 6.04. The van der Waals surface area contributed by atoms with Gasteiger partial charge >= 0.3 is 0 Å². The van der Waals surface area contributed by atoms with Gasteiger partial charge in [-0.3, -0.25) is 14.7 Å². The van der Waals surface area contributed by atoms with Crippen LogP contribution in [0.25, 0.3) is 0 Å². The summed E-state index contributed by atoms with van der Waals surface area (Å²) in [6, 6.07) is 0. The molecule has 1 rings (SSSR count). The summed E-state index contributed by atoms with van der Waals surface area (Å²) in [5.41, 5.74) is 0. The molecule has 6 nitrogen and oxygen atoms in total. The van der Waals surface area contributed by atoms with Crippen LogP contribution in [0.2, 0.25) is 0 Å². The summed E-state index contributed by atoms with van der Waals surface area (Å²) in [6.07, 6.45) is 4.83. The maximum Gasteiger partial charge on any atom is 0.132 e. The second-order valence-electron chi connectivity index (χ2n) is 5.01. The number of nitrogens with zero attached hydrogens (tertiary/aromatic N) is 6. The molecule has 18 heavy (non-hydrogen) atoms. The van der Waals surface area contributed by atoms with Crippen LogP contribution >= 0.6 is 0 Å². The zero-order valence-corrected chi connectivity index (χ0v) is 12.3. The lowest BCUT2D eigenvalue weighted by molar-refractivity contribution is -0.114. The molecule has 0 saturated carbocycles. The van der Waals surface area contributed by atoms with Crippen LogP contribution in [0.3, 0.4) is 0 Å². The fraction of sp³-hybridized carbons (Fsp3) is 0.750. The van der Waals surface area contributed by atoms with Crippen molar-refractivity contribution in [3.63, 3.8) is 0 Å². The molecule has 102 valence electrons. The molecule has 1 heterocycles. The van der Waals surface area contributed by atoms with Crippen LogP contribution < -0.4 is 0 Å². The lowest BCUT2D eigenvalue weighted by Gasteiger charge is -2.49. The van der Waals surface area contributed by atoms with Crippen LogP contribution in [0, 0.1) is 0 Å². The summed E-state index contributed by atoms with van der Waals surface area (Å²) in [6.45, 7) is 0. The van der Waals surface area contributed by atoms with Gasteiger partial charge in [0, 0.05) is 12.8 Å². The van der Waals surface area contributed by atoms with E-state index in [-0.39, 0.29) is 5.79 Å². The fourth-order valence-corrected chi connectivity index (χ4v) is 2.54. The van der Waals surface area contributed by atoms with E-state index in [4.69, 9.17) is 0 Å². The Bertz CT molecular complexity index is 327. The van der Waals surface area contributed by atoms with Crippen LogP contribution in [-0.4, -0.2) is 77.7 Å². The monoisotopic (exact) mass is 252 g/mol. The number of rotatable bonds is 6. The predicted molar refractivity (Wildman–Crippen MR) is 71.9 cm³/mol. The van der Waals surface area contributed by atoms with Crippen molar-refractivity contribution in [3.8, 4) is 0 Å². The molecule has 0 aliphatic heterocycles. The van der Waals surface area contributed by atoms with Crippen molar-refractivity contribution >= 4 is 0 Å². The quantitative estimate of drug-likeness (QED) is 0.671. The molecule has 0 fully saturated rings. The van der Waals surface area contributed by atoms with Gasteiger partial charge in [-0.15, -0.1) is 0 Å². The van der Waals surface area contributed by atoms with E-state index >= 15 is 0 Å². The Morgan fingerprint density at radius 2 is 1.33 bits per heavy atom. The van der Waals surface area contributed by atoms with Crippen LogP contribution in [0.5, 0.6) is 0 Å².